The van der Waals surface area contributed by atoms with Gasteiger partial charge in [0.2, 0.25) is 0 Å². The predicted molar refractivity (Wildman–Crippen MR) is 142 cm³/mol. The summed E-state index contributed by atoms with van der Waals surface area (Å²) in [6.07, 6.45) is 7.44. The van der Waals surface area contributed by atoms with Crippen molar-refractivity contribution in [3.8, 4) is 5.75 Å². The molecule has 2 aliphatic rings. The third-order valence-corrected chi connectivity index (χ3v) is 5.57. The lowest BCUT2D eigenvalue weighted by Gasteiger charge is -2.27. The highest BCUT2D eigenvalue weighted by molar-refractivity contribution is 5.95. The Kier molecular flexibility index (Phi) is 10.7. The number of aliphatic hydroxyl groups excluding tert-OH is 1. The van der Waals surface area contributed by atoms with Gasteiger partial charge in [-0.05, 0) is 50.5 Å². The Labute approximate surface area is 218 Å². The zero-order valence-electron chi connectivity index (χ0n) is 21.6. The Morgan fingerprint density at radius 2 is 1.89 bits per heavy atom. The molecule has 4 rings (SSSR count). The molecule has 7 heteroatoms. The largest absolute Gasteiger partial charge is 0.489 e. The van der Waals surface area contributed by atoms with E-state index >= 15 is 0 Å². The fourth-order valence-corrected chi connectivity index (χ4v) is 3.69. The Bertz CT molecular complexity index is 1120. The van der Waals surface area contributed by atoms with E-state index in [1.165, 1.54) is 5.56 Å². The number of aliphatic hydroxyl groups is 1. The maximum absolute atomic E-state index is 12.8. The molecule has 0 aromatic heterocycles. The number of benzene rings is 2. The molecule has 1 fully saturated rings. The van der Waals surface area contributed by atoms with E-state index in [1.807, 2.05) is 36.4 Å². The molecule has 1 aliphatic heterocycles. The van der Waals surface area contributed by atoms with E-state index in [0.29, 0.717) is 17.9 Å². The molecule has 2 amide bonds. The van der Waals surface area contributed by atoms with Crippen molar-refractivity contribution < 1.29 is 28.9 Å². The standard InChI is InChI=1S/C23H27NO6.C7H8/c1-16(2)30-21(22(26)24-12-13-28-23(24)27)20(25)18-10-7-11-19(14-18)29-15-17-8-5-3-4-6-9-17;1-7-5-3-2-4-6-7/h3,5-11,14,16,20-21,25H,4,12-13,15H2,1-2H3;2-6H,1H3. The van der Waals surface area contributed by atoms with Crippen molar-refractivity contribution in [3.63, 3.8) is 0 Å². The van der Waals surface area contributed by atoms with Gasteiger partial charge >= 0.3 is 6.09 Å². The molecule has 2 unspecified atom stereocenters. The molecule has 1 N–H and O–H groups in total. The Hall–Kier alpha value is -3.68. The minimum absolute atomic E-state index is 0.137. The van der Waals surface area contributed by atoms with Gasteiger partial charge in [-0.3, -0.25) is 4.79 Å². The quantitative estimate of drug-likeness (QED) is 0.524. The summed E-state index contributed by atoms with van der Waals surface area (Å²) in [5.41, 5.74) is 2.81. The minimum atomic E-state index is -1.27. The number of ether oxygens (including phenoxy) is 3. The van der Waals surface area contributed by atoms with Crippen LogP contribution in [0.15, 0.2) is 90.6 Å². The van der Waals surface area contributed by atoms with E-state index in [1.54, 1.807) is 38.1 Å². The first-order valence-corrected chi connectivity index (χ1v) is 12.4. The van der Waals surface area contributed by atoms with Crippen molar-refractivity contribution in [1.29, 1.82) is 0 Å². The maximum atomic E-state index is 12.8. The van der Waals surface area contributed by atoms with E-state index in [0.717, 1.165) is 16.9 Å². The number of rotatable bonds is 8. The first-order valence-electron chi connectivity index (χ1n) is 12.4. The summed E-state index contributed by atoms with van der Waals surface area (Å²) in [5, 5.41) is 10.9. The van der Waals surface area contributed by atoms with Gasteiger partial charge in [0, 0.05) is 0 Å². The zero-order valence-corrected chi connectivity index (χ0v) is 21.6. The van der Waals surface area contributed by atoms with E-state index in [2.05, 4.69) is 31.2 Å². The van der Waals surface area contributed by atoms with Gasteiger partial charge in [-0.1, -0.05) is 78.4 Å². The molecule has 0 radical (unpaired) electrons. The summed E-state index contributed by atoms with van der Waals surface area (Å²) in [4.78, 5) is 25.6. The molecule has 7 nitrogen and oxygen atoms in total. The molecule has 0 spiro atoms. The number of carbonyl (C=O) groups excluding carboxylic acids is 2. The van der Waals surface area contributed by atoms with Crippen molar-refractivity contribution in [2.45, 2.75) is 45.5 Å². The van der Waals surface area contributed by atoms with Gasteiger partial charge in [0.15, 0.2) is 6.10 Å². The number of hydrogen-bond donors (Lipinski definition) is 1. The van der Waals surface area contributed by atoms with Crippen molar-refractivity contribution in [3.05, 3.63) is 102 Å². The molecule has 37 heavy (non-hydrogen) atoms. The number of hydrogen-bond acceptors (Lipinski definition) is 6. The second kappa shape index (κ2) is 14.2. The molecular weight excluding hydrogens is 470 g/mol. The molecule has 2 atom stereocenters. The highest BCUT2D eigenvalue weighted by Crippen LogP contribution is 2.26. The Balaban J connectivity index is 0.000000468. The lowest BCUT2D eigenvalue weighted by atomic mass is 10.0. The zero-order chi connectivity index (χ0) is 26.6. The molecule has 2 aromatic carbocycles. The van der Waals surface area contributed by atoms with Crippen molar-refractivity contribution in [2.24, 2.45) is 0 Å². The van der Waals surface area contributed by atoms with E-state index in [9.17, 15) is 14.7 Å². The average Bonchev–Trinajstić information content (AvgIpc) is 3.15. The van der Waals surface area contributed by atoms with E-state index < -0.39 is 24.2 Å². The van der Waals surface area contributed by atoms with Crippen LogP contribution in [0.2, 0.25) is 0 Å². The summed E-state index contributed by atoms with van der Waals surface area (Å²) in [6, 6.07) is 17.2. The number of aryl methyl sites for hydroxylation is 1. The van der Waals surface area contributed by atoms with Gasteiger partial charge < -0.3 is 19.3 Å². The number of cyclic esters (lactones) is 1. The van der Waals surface area contributed by atoms with Crippen LogP contribution in [0.5, 0.6) is 5.75 Å². The van der Waals surface area contributed by atoms with E-state index in [-0.39, 0.29) is 19.3 Å². The van der Waals surface area contributed by atoms with Crippen LogP contribution in [-0.4, -0.2) is 54.0 Å². The van der Waals surface area contributed by atoms with Crippen molar-refractivity contribution in [2.75, 3.05) is 19.8 Å². The van der Waals surface area contributed by atoms with Crippen molar-refractivity contribution in [1.82, 2.24) is 4.90 Å². The van der Waals surface area contributed by atoms with Crippen LogP contribution < -0.4 is 4.74 Å². The Morgan fingerprint density at radius 1 is 1.11 bits per heavy atom. The number of imide groups is 1. The highest BCUT2D eigenvalue weighted by Gasteiger charge is 2.39. The first kappa shape index (κ1) is 27.9. The summed E-state index contributed by atoms with van der Waals surface area (Å²) >= 11 is 0. The van der Waals surface area contributed by atoms with Crippen LogP contribution in [0.4, 0.5) is 4.79 Å². The molecule has 2 aromatic rings. The SMILES string of the molecule is CC(C)OC(C(=O)N1CCOC1=O)C(O)c1cccc(OCC2=CC=CCC=C2)c1.Cc1ccccc1. The van der Waals surface area contributed by atoms with Gasteiger partial charge in [-0.15, -0.1) is 0 Å². The van der Waals surface area contributed by atoms with Crippen LogP contribution in [0.3, 0.4) is 0 Å². The maximum Gasteiger partial charge on any atom is 0.416 e. The van der Waals surface area contributed by atoms with Gasteiger partial charge in [-0.2, -0.15) is 0 Å². The van der Waals surface area contributed by atoms with Gasteiger partial charge in [0.25, 0.3) is 5.91 Å². The number of nitrogens with zero attached hydrogens (tertiary/aromatic N) is 1. The fourth-order valence-electron chi connectivity index (χ4n) is 3.69. The second-order valence-corrected chi connectivity index (χ2v) is 8.98. The van der Waals surface area contributed by atoms with E-state index in [4.69, 9.17) is 14.2 Å². The molecule has 0 saturated carbocycles. The second-order valence-electron chi connectivity index (χ2n) is 8.98. The molecule has 0 bridgehead atoms. The summed E-state index contributed by atoms with van der Waals surface area (Å²) in [5.74, 6) is -0.0593. The fraction of sp³-hybridized carbons (Fsp3) is 0.333. The Morgan fingerprint density at radius 3 is 2.54 bits per heavy atom. The highest BCUT2D eigenvalue weighted by atomic mass is 16.6. The van der Waals surface area contributed by atoms with Gasteiger partial charge in [0.05, 0.1) is 12.6 Å². The lowest BCUT2D eigenvalue weighted by Crippen LogP contribution is -2.45. The molecule has 196 valence electrons. The molecule has 1 heterocycles. The van der Waals surface area contributed by atoms with Crippen LogP contribution in [0.25, 0.3) is 0 Å². The monoisotopic (exact) mass is 505 g/mol. The number of allylic oxidation sites excluding steroid dienone is 4. The smallest absolute Gasteiger partial charge is 0.416 e. The third kappa shape index (κ3) is 8.74. The number of carbonyl (C=O) groups is 2. The predicted octanol–water partition coefficient (Wildman–Crippen LogP) is 5.31. The molecular formula is C30H35NO6. The first-order chi connectivity index (χ1) is 17.8. The van der Waals surface area contributed by atoms with Crippen LogP contribution in [0.1, 0.15) is 37.5 Å². The van der Waals surface area contributed by atoms with Crippen molar-refractivity contribution >= 4 is 12.0 Å². The summed E-state index contributed by atoms with van der Waals surface area (Å²) in [7, 11) is 0. The molecule has 1 aliphatic carbocycles. The minimum Gasteiger partial charge on any atom is -0.489 e. The third-order valence-electron chi connectivity index (χ3n) is 5.57. The van der Waals surface area contributed by atoms with Crippen LogP contribution >= 0.6 is 0 Å². The topological polar surface area (TPSA) is 85.3 Å². The summed E-state index contributed by atoms with van der Waals surface area (Å²) in [6.45, 7) is 6.26. The average molecular weight is 506 g/mol. The van der Waals surface area contributed by atoms with Gasteiger partial charge in [-0.25, -0.2) is 9.69 Å². The molecule has 1 saturated heterocycles. The number of amides is 2. The lowest BCUT2D eigenvalue weighted by molar-refractivity contribution is -0.152. The summed E-state index contributed by atoms with van der Waals surface area (Å²) < 4.78 is 16.4. The van der Waals surface area contributed by atoms with Gasteiger partial charge in [0.1, 0.15) is 25.1 Å². The van der Waals surface area contributed by atoms with Crippen LogP contribution in [-0.2, 0) is 14.3 Å². The normalized spacial score (nSPS) is 16.3. The van der Waals surface area contributed by atoms with Crippen LogP contribution in [0, 0.1) is 6.92 Å².